The second-order valence-electron chi connectivity index (χ2n) is 5.44. The molecule has 0 unspecified atom stereocenters. The lowest BCUT2D eigenvalue weighted by Crippen LogP contribution is -2.20. The SMILES string of the molecule is CCOC(=O)/C=C/c1cnc(NC2Cc3ccccc3C2)nc1. The molecule has 0 bridgehead atoms. The number of carbonyl (C=O) groups is 1. The predicted octanol–water partition coefficient (Wildman–Crippen LogP) is 2.63. The van der Waals surface area contributed by atoms with Crippen molar-refractivity contribution in [3.8, 4) is 0 Å². The quantitative estimate of drug-likeness (QED) is 0.679. The second-order valence-corrected chi connectivity index (χ2v) is 5.44. The van der Waals surface area contributed by atoms with Crippen LogP contribution in [0.3, 0.4) is 0 Å². The van der Waals surface area contributed by atoms with E-state index in [9.17, 15) is 4.79 Å². The number of hydrogen-bond donors (Lipinski definition) is 1. The number of carbonyl (C=O) groups excluding carboxylic acids is 1. The third kappa shape index (κ3) is 3.94. The van der Waals surface area contributed by atoms with Gasteiger partial charge >= 0.3 is 5.97 Å². The molecule has 5 heteroatoms. The molecule has 0 saturated heterocycles. The molecule has 5 nitrogen and oxygen atoms in total. The number of hydrogen-bond acceptors (Lipinski definition) is 5. The summed E-state index contributed by atoms with van der Waals surface area (Å²) in [7, 11) is 0. The topological polar surface area (TPSA) is 64.1 Å². The molecule has 0 fully saturated rings. The highest BCUT2D eigenvalue weighted by molar-refractivity contribution is 5.86. The smallest absolute Gasteiger partial charge is 0.330 e. The van der Waals surface area contributed by atoms with Gasteiger partial charge in [0.1, 0.15) is 0 Å². The number of rotatable bonds is 5. The van der Waals surface area contributed by atoms with Gasteiger partial charge in [0.05, 0.1) is 6.61 Å². The van der Waals surface area contributed by atoms with Crippen molar-refractivity contribution < 1.29 is 9.53 Å². The maximum Gasteiger partial charge on any atom is 0.330 e. The molecule has 0 spiro atoms. The molecule has 1 heterocycles. The lowest BCUT2D eigenvalue weighted by Gasteiger charge is -2.11. The number of anilines is 1. The van der Waals surface area contributed by atoms with Crippen LogP contribution in [0.1, 0.15) is 23.6 Å². The van der Waals surface area contributed by atoms with Gasteiger partial charge in [0.25, 0.3) is 0 Å². The number of fused-ring (bicyclic) bond motifs is 1. The minimum Gasteiger partial charge on any atom is -0.463 e. The van der Waals surface area contributed by atoms with Gasteiger partial charge in [-0.25, -0.2) is 14.8 Å². The summed E-state index contributed by atoms with van der Waals surface area (Å²) in [5.41, 5.74) is 3.54. The van der Waals surface area contributed by atoms with Gasteiger partial charge < -0.3 is 10.1 Å². The van der Waals surface area contributed by atoms with Gasteiger partial charge in [-0.2, -0.15) is 0 Å². The number of nitrogens with zero attached hydrogens (tertiary/aromatic N) is 2. The first-order valence-electron chi connectivity index (χ1n) is 7.75. The van der Waals surface area contributed by atoms with Crippen molar-refractivity contribution in [2.45, 2.75) is 25.8 Å². The summed E-state index contributed by atoms with van der Waals surface area (Å²) in [4.78, 5) is 19.9. The summed E-state index contributed by atoms with van der Waals surface area (Å²) < 4.78 is 4.83. The van der Waals surface area contributed by atoms with Crippen LogP contribution in [0, 0.1) is 0 Å². The molecule has 0 aliphatic heterocycles. The molecule has 1 aromatic heterocycles. The molecule has 1 aromatic carbocycles. The van der Waals surface area contributed by atoms with Crippen molar-refractivity contribution in [1.82, 2.24) is 9.97 Å². The molecule has 0 amide bonds. The third-order valence-electron chi connectivity index (χ3n) is 3.75. The van der Waals surface area contributed by atoms with E-state index in [4.69, 9.17) is 4.74 Å². The molecule has 3 rings (SSSR count). The van der Waals surface area contributed by atoms with E-state index in [0.717, 1.165) is 18.4 Å². The maximum atomic E-state index is 11.3. The molecule has 118 valence electrons. The minimum absolute atomic E-state index is 0.327. The first-order chi connectivity index (χ1) is 11.2. The van der Waals surface area contributed by atoms with E-state index in [1.807, 2.05) is 0 Å². The van der Waals surface area contributed by atoms with Crippen molar-refractivity contribution in [2.24, 2.45) is 0 Å². The highest BCUT2D eigenvalue weighted by atomic mass is 16.5. The Bertz CT molecular complexity index is 685. The van der Waals surface area contributed by atoms with Gasteiger partial charge in [-0.3, -0.25) is 0 Å². The molecule has 1 N–H and O–H groups in total. The van der Waals surface area contributed by atoms with Gasteiger partial charge in [0.15, 0.2) is 0 Å². The monoisotopic (exact) mass is 309 g/mol. The van der Waals surface area contributed by atoms with E-state index >= 15 is 0 Å². The standard InChI is InChI=1S/C18H19N3O2/c1-2-23-17(22)8-7-13-11-19-18(20-12-13)21-16-9-14-5-3-4-6-15(14)10-16/h3-8,11-12,16H,2,9-10H2,1H3,(H,19,20,21)/b8-7+. The van der Waals surface area contributed by atoms with E-state index in [0.29, 0.717) is 18.6 Å². The minimum atomic E-state index is -0.363. The summed E-state index contributed by atoms with van der Waals surface area (Å²) in [6.45, 7) is 2.14. The van der Waals surface area contributed by atoms with Crippen molar-refractivity contribution in [3.05, 3.63) is 59.4 Å². The maximum absolute atomic E-state index is 11.3. The molecule has 0 atom stereocenters. The van der Waals surface area contributed by atoms with Crippen LogP contribution >= 0.6 is 0 Å². The van der Waals surface area contributed by atoms with E-state index in [-0.39, 0.29) is 5.97 Å². The Kier molecular flexibility index (Phi) is 4.66. The number of aromatic nitrogens is 2. The fourth-order valence-corrected chi connectivity index (χ4v) is 2.70. The zero-order chi connectivity index (χ0) is 16.1. The summed E-state index contributed by atoms with van der Waals surface area (Å²) in [6, 6.07) is 8.81. The highest BCUT2D eigenvalue weighted by Gasteiger charge is 2.21. The fraction of sp³-hybridized carbons (Fsp3) is 0.278. The van der Waals surface area contributed by atoms with E-state index < -0.39 is 0 Å². The van der Waals surface area contributed by atoms with E-state index in [2.05, 4.69) is 39.6 Å². The molecule has 2 aromatic rings. The zero-order valence-electron chi connectivity index (χ0n) is 13.0. The summed E-state index contributed by atoms with van der Waals surface area (Å²) in [6.07, 6.45) is 8.38. The van der Waals surface area contributed by atoms with Gasteiger partial charge in [-0.05, 0) is 37.0 Å². The van der Waals surface area contributed by atoms with Crippen molar-refractivity contribution >= 4 is 18.0 Å². The fourth-order valence-electron chi connectivity index (χ4n) is 2.70. The van der Waals surface area contributed by atoms with Crippen molar-refractivity contribution in [1.29, 1.82) is 0 Å². The molecular formula is C18H19N3O2. The van der Waals surface area contributed by atoms with Crippen LogP contribution in [-0.4, -0.2) is 28.6 Å². The van der Waals surface area contributed by atoms with Crippen LogP contribution in [0.4, 0.5) is 5.95 Å². The lowest BCUT2D eigenvalue weighted by molar-refractivity contribution is -0.137. The first kappa shape index (κ1) is 15.2. The highest BCUT2D eigenvalue weighted by Crippen LogP contribution is 2.23. The molecule has 0 saturated carbocycles. The van der Waals surface area contributed by atoms with E-state index in [1.165, 1.54) is 17.2 Å². The van der Waals surface area contributed by atoms with Crippen LogP contribution in [0.25, 0.3) is 6.08 Å². The average molecular weight is 309 g/mol. The number of esters is 1. The Morgan fingerprint density at radius 3 is 2.52 bits per heavy atom. The number of ether oxygens (including phenoxy) is 1. The summed E-state index contributed by atoms with van der Waals surface area (Å²) in [5, 5.41) is 3.36. The van der Waals surface area contributed by atoms with Crippen molar-refractivity contribution in [2.75, 3.05) is 11.9 Å². The summed E-state index contributed by atoms with van der Waals surface area (Å²) in [5.74, 6) is 0.245. The van der Waals surface area contributed by atoms with Crippen molar-refractivity contribution in [3.63, 3.8) is 0 Å². The zero-order valence-corrected chi connectivity index (χ0v) is 13.0. The number of nitrogens with one attached hydrogen (secondary N) is 1. The lowest BCUT2D eigenvalue weighted by atomic mass is 10.1. The van der Waals surface area contributed by atoms with Gasteiger partial charge in [-0.15, -0.1) is 0 Å². The second kappa shape index (κ2) is 7.05. The van der Waals surface area contributed by atoms with Crippen LogP contribution in [0.15, 0.2) is 42.7 Å². The molecule has 23 heavy (non-hydrogen) atoms. The van der Waals surface area contributed by atoms with E-state index in [1.54, 1.807) is 25.4 Å². The molecule has 1 aliphatic rings. The largest absolute Gasteiger partial charge is 0.463 e. The molecular weight excluding hydrogens is 290 g/mol. The van der Waals surface area contributed by atoms with Crippen LogP contribution in [0.5, 0.6) is 0 Å². The third-order valence-corrected chi connectivity index (χ3v) is 3.75. The predicted molar refractivity (Wildman–Crippen MR) is 89.0 cm³/mol. The van der Waals surface area contributed by atoms with Crippen LogP contribution < -0.4 is 5.32 Å². The Morgan fingerprint density at radius 1 is 1.26 bits per heavy atom. The summed E-state index contributed by atoms with van der Waals surface area (Å²) >= 11 is 0. The van der Waals surface area contributed by atoms with Gasteiger partial charge in [0, 0.05) is 30.1 Å². The average Bonchev–Trinajstić information content (AvgIpc) is 2.97. The Hall–Kier alpha value is -2.69. The Balaban J connectivity index is 1.57. The van der Waals surface area contributed by atoms with Gasteiger partial charge in [0.2, 0.25) is 5.95 Å². The van der Waals surface area contributed by atoms with Gasteiger partial charge in [-0.1, -0.05) is 24.3 Å². The normalized spacial score (nSPS) is 14.0. The molecule has 1 aliphatic carbocycles. The Morgan fingerprint density at radius 2 is 1.91 bits per heavy atom. The Labute approximate surface area is 135 Å². The number of benzene rings is 1. The van der Waals surface area contributed by atoms with Crippen LogP contribution in [-0.2, 0) is 22.4 Å². The molecule has 0 radical (unpaired) electrons. The van der Waals surface area contributed by atoms with Crippen LogP contribution in [0.2, 0.25) is 0 Å². The first-order valence-corrected chi connectivity index (χ1v) is 7.75.